The largest absolute Gasteiger partial charge is 0.493 e. The first kappa shape index (κ1) is 19.0. The number of nitrogens with one attached hydrogen (secondary N) is 1. The molecular weight excluding hydrogens is 352 g/mol. The van der Waals surface area contributed by atoms with Crippen LogP contribution in [0.3, 0.4) is 0 Å². The number of fused-ring (bicyclic) bond motifs is 1. The zero-order chi connectivity index (χ0) is 19.6. The van der Waals surface area contributed by atoms with Gasteiger partial charge in [-0.25, -0.2) is 4.79 Å². The van der Waals surface area contributed by atoms with Crippen LogP contribution in [0, 0.1) is 0 Å². The fraction of sp³-hybridized carbons (Fsp3) is 0.526. The Labute approximate surface area is 157 Å². The molecule has 0 saturated carbocycles. The van der Waals surface area contributed by atoms with Crippen LogP contribution >= 0.6 is 0 Å². The summed E-state index contributed by atoms with van der Waals surface area (Å²) < 4.78 is 16.0. The fourth-order valence-corrected chi connectivity index (χ4v) is 3.55. The summed E-state index contributed by atoms with van der Waals surface area (Å²) in [5.74, 6) is -0.380. The van der Waals surface area contributed by atoms with Gasteiger partial charge in [0.2, 0.25) is 18.0 Å². The molecule has 2 amide bonds. The number of likely N-dealkylation sites (tertiary alicyclic amines) is 1. The van der Waals surface area contributed by atoms with Gasteiger partial charge in [-0.3, -0.25) is 14.5 Å². The lowest BCUT2D eigenvalue weighted by molar-refractivity contribution is -0.145. The van der Waals surface area contributed by atoms with E-state index in [0.29, 0.717) is 24.3 Å². The summed E-state index contributed by atoms with van der Waals surface area (Å²) in [6.07, 6.45) is 1.52. The van der Waals surface area contributed by atoms with Crippen LogP contribution in [0.2, 0.25) is 0 Å². The average Bonchev–Trinajstić information content (AvgIpc) is 3.21. The summed E-state index contributed by atoms with van der Waals surface area (Å²) in [7, 11) is 2.91. The molecule has 3 rings (SSSR count). The van der Waals surface area contributed by atoms with Gasteiger partial charge in [-0.2, -0.15) is 0 Å². The van der Waals surface area contributed by atoms with Crippen molar-refractivity contribution >= 4 is 17.8 Å². The molecule has 0 radical (unpaired) electrons. The molecular formula is C19H24N2O6. The normalized spacial score (nSPS) is 21.1. The lowest BCUT2D eigenvalue weighted by Crippen LogP contribution is -2.46. The van der Waals surface area contributed by atoms with E-state index in [0.717, 1.165) is 12.8 Å². The molecule has 2 aliphatic rings. The van der Waals surface area contributed by atoms with Crippen molar-refractivity contribution in [1.29, 1.82) is 0 Å². The van der Waals surface area contributed by atoms with Crippen LogP contribution in [0.5, 0.6) is 11.5 Å². The van der Waals surface area contributed by atoms with Crippen LogP contribution in [0.15, 0.2) is 12.1 Å². The maximum absolute atomic E-state index is 12.6. The van der Waals surface area contributed by atoms with Crippen LogP contribution < -0.4 is 14.8 Å². The average molecular weight is 376 g/mol. The summed E-state index contributed by atoms with van der Waals surface area (Å²) in [5.41, 5.74) is 0.728. The summed E-state index contributed by atoms with van der Waals surface area (Å²) in [5, 5.41) is 2.86. The van der Waals surface area contributed by atoms with Crippen molar-refractivity contribution in [3.63, 3.8) is 0 Å². The monoisotopic (exact) mass is 376 g/mol. The van der Waals surface area contributed by atoms with Gasteiger partial charge in [-0.1, -0.05) is 13.3 Å². The minimum absolute atomic E-state index is 0.217. The van der Waals surface area contributed by atoms with Crippen molar-refractivity contribution in [1.82, 2.24) is 10.2 Å². The fourth-order valence-electron chi connectivity index (χ4n) is 3.55. The Morgan fingerprint density at radius 3 is 2.74 bits per heavy atom. The molecule has 2 heterocycles. The molecule has 1 aromatic rings. The van der Waals surface area contributed by atoms with Gasteiger partial charge >= 0.3 is 5.97 Å². The quantitative estimate of drug-likeness (QED) is 0.576. The Morgan fingerprint density at radius 2 is 2.07 bits per heavy atom. The second-order valence-electron chi connectivity index (χ2n) is 6.52. The highest BCUT2D eigenvalue weighted by atomic mass is 16.6. The summed E-state index contributed by atoms with van der Waals surface area (Å²) in [6, 6.07) is 2.67. The summed E-state index contributed by atoms with van der Waals surface area (Å²) >= 11 is 0. The maximum atomic E-state index is 12.6. The van der Waals surface area contributed by atoms with Crippen molar-refractivity contribution in [3.8, 4) is 11.5 Å². The van der Waals surface area contributed by atoms with E-state index in [1.807, 2.05) is 6.92 Å². The molecule has 1 N–H and O–H groups in total. The second kappa shape index (κ2) is 7.85. The molecule has 0 spiro atoms. The van der Waals surface area contributed by atoms with E-state index >= 15 is 0 Å². The number of methoxy groups -OCH3 is 2. The highest BCUT2D eigenvalue weighted by molar-refractivity contribution is 5.99. The molecule has 146 valence electrons. The third kappa shape index (κ3) is 3.31. The first-order valence-electron chi connectivity index (χ1n) is 9.08. The number of esters is 1. The van der Waals surface area contributed by atoms with Gasteiger partial charge < -0.3 is 19.5 Å². The van der Waals surface area contributed by atoms with E-state index in [-0.39, 0.29) is 29.5 Å². The standard InChI is InChI=1S/C19H24N2O6/c1-4-5-10-20-17(23)12-7-9-14(22)21(12)18-11-6-8-13(25-2)16(26-3)15(11)19(24)27-18/h6,8,12,18H,4-5,7,9-10H2,1-3H3,(H,20,23)/t12-,18+/m0/s1. The Bertz CT molecular complexity index is 763. The van der Waals surface area contributed by atoms with E-state index in [9.17, 15) is 14.4 Å². The Hall–Kier alpha value is -2.77. The maximum Gasteiger partial charge on any atom is 0.344 e. The van der Waals surface area contributed by atoms with Gasteiger partial charge in [0.05, 0.1) is 14.2 Å². The Balaban J connectivity index is 1.91. The number of cyclic esters (lactones) is 1. The molecule has 8 heteroatoms. The predicted molar refractivity (Wildman–Crippen MR) is 95.5 cm³/mol. The third-order valence-corrected chi connectivity index (χ3v) is 4.91. The summed E-state index contributed by atoms with van der Waals surface area (Å²) in [6.45, 7) is 2.59. The van der Waals surface area contributed by atoms with Crippen LogP contribution in [0.4, 0.5) is 0 Å². The topological polar surface area (TPSA) is 94.2 Å². The number of hydrogen-bond donors (Lipinski definition) is 1. The lowest BCUT2D eigenvalue weighted by Gasteiger charge is -2.29. The molecule has 0 unspecified atom stereocenters. The first-order chi connectivity index (χ1) is 13.0. The van der Waals surface area contributed by atoms with Gasteiger partial charge in [0, 0.05) is 18.5 Å². The van der Waals surface area contributed by atoms with Crippen molar-refractivity contribution in [2.24, 2.45) is 0 Å². The van der Waals surface area contributed by atoms with E-state index < -0.39 is 18.2 Å². The number of benzene rings is 1. The SMILES string of the molecule is CCCCNC(=O)[C@@H]1CCC(=O)N1[C@@H]1OC(=O)c2c1ccc(OC)c2OC. The van der Waals surface area contributed by atoms with Gasteiger partial charge in [0.1, 0.15) is 11.6 Å². The number of hydrogen-bond acceptors (Lipinski definition) is 6. The molecule has 8 nitrogen and oxygen atoms in total. The minimum Gasteiger partial charge on any atom is -0.493 e. The zero-order valence-corrected chi connectivity index (χ0v) is 15.7. The van der Waals surface area contributed by atoms with Crippen LogP contribution in [0.25, 0.3) is 0 Å². The number of carbonyl (C=O) groups is 3. The molecule has 0 aliphatic carbocycles. The van der Waals surface area contributed by atoms with Crippen molar-refractivity contribution in [2.45, 2.75) is 44.9 Å². The number of rotatable bonds is 7. The Morgan fingerprint density at radius 1 is 1.30 bits per heavy atom. The number of amides is 2. The number of nitrogens with zero attached hydrogens (tertiary/aromatic N) is 1. The molecule has 1 fully saturated rings. The van der Waals surface area contributed by atoms with Crippen LogP contribution in [-0.4, -0.2) is 49.5 Å². The third-order valence-electron chi connectivity index (χ3n) is 4.91. The van der Waals surface area contributed by atoms with Crippen LogP contribution in [-0.2, 0) is 14.3 Å². The molecule has 2 aliphatic heterocycles. The highest BCUT2D eigenvalue weighted by Crippen LogP contribution is 2.45. The number of ether oxygens (including phenoxy) is 3. The first-order valence-corrected chi connectivity index (χ1v) is 9.08. The van der Waals surface area contributed by atoms with E-state index in [4.69, 9.17) is 14.2 Å². The van der Waals surface area contributed by atoms with E-state index in [2.05, 4.69) is 5.32 Å². The Kier molecular flexibility index (Phi) is 5.53. The van der Waals surface area contributed by atoms with Crippen molar-refractivity contribution in [2.75, 3.05) is 20.8 Å². The molecule has 0 aromatic heterocycles. The lowest BCUT2D eigenvalue weighted by atomic mass is 10.1. The number of unbranched alkanes of at least 4 members (excludes halogenated alkanes) is 1. The highest BCUT2D eigenvalue weighted by Gasteiger charge is 2.47. The molecule has 0 bridgehead atoms. The van der Waals surface area contributed by atoms with Crippen LogP contribution in [0.1, 0.15) is 54.8 Å². The van der Waals surface area contributed by atoms with E-state index in [1.54, 1.807) is 12.1 Å². The minimum atomic E-state index is -0.941. The van der Waals surface area contributed by atoms with Crippen molar-refractivity contribution in [3.05, 3.63) is 23.3 Å². The molecule has 27 heavy (non-hydrogen) atoms. The molecule has 1 saturated heterocycles. The number of carbonyl (C=O) groups excluding carboxylic acids is 3. The van der Waals surface area contributed by atoms with Gasteiger partial charge in [-0.05, 0) is 25.0 Å². The van der Waals surface area contributed by atoms with Gasteiger partial charge in [-0.15, -0.1) is 0 Å². The molecule has 2 atom stereocenters. The molecule has 1 aromatic carbocycles. The predicted octanol–water partition coefficient (Wildman–Crippen LogP) is 1.78. The zero-order valence-electron chi connectivity index (χ0n) is 15.7. The van der Waals surface area contributed by atoms with E-state index in [1.165, 1.54) is 19.1 Å². The second-order valence-corrected chi connectivity index (χ2v) is 6.52. The summed E-state index contributed by atoms with van der Waals surface area (Å²) in [4.78, 5) is 38.9. The van der Waals surface area contributed by atoms with Gasteiger partial charge in [0.15, 0.2) is 11.5 Å². The van der Waals surface area contributed by atoms with Crippen molar-refractivity contribution < 1.29 is 28.6 Å². The smallest absolute Gasteiger partial charge is 0.344 e. The van der Waals surface area contributed by atoms with Gasteiger partial charge in [0.25, 0.3) is 0 Å².